The number of hydrogen-bond acceptors (Lipinski definition) is 6. The molecule has 31 heavy (non-hydrogen) atoms. The number of carbonyl (C=O) groups excluding carboxylic acids is 2. The van der Waals surface area contributed by atoms with E-state index in [2.05, 4.69) is 10.3 Å². The molecule has 0 radical (unpaired) electrons. The predicted molar refractivity (Wildman–Crippen MR) is 125 cm³/mol. The second kappa shape index (κ2) is 8.37. The highest BCUT2D eigenvalue weighted by Crippen LogP contribution is 2.35. The summed E-state index contributed by atoms with van der Waals surface area (Å²) >= 11 is 7.16. The molecule has 4 rings (SSSR count). The molecule has 0 aliphatic rings. The minimum absolute atomic E-state index is 0.176. The van der Waals surface area contributed by atoms with Crippen molar-refractivity contribution in [2.75, 3.05) is 18.2 Å². The Balaban J connectivity index is 1.69. The molecule has 8 heteroatoms. The van der Waals surface area contributed by atoms with Crippen LogP contribution in [-0.2, 0) is 0 Å². The van der Waals surface area contributed by atoms with Crippen LogP contribution in [0.1, 0.15) is 31.3 Å². The van der Waals surface area contributed by atoms with Gasteiger partial charge in [0.25, 0.3) is 5.91 Å². The Kier molecular flexibility index (Phi) is 5.63. The van der Waals surface area contributed by atoms with Crippen molar-refractivity contribution < 1.29 is 14.3 Å². The standard InChI is InChI=1S/C23H18ClN3O3S/c1-12-17(20(28)13-6-8-16(30-2)9-7-13)11-18-19(25)21(31-23(18)26-12)22(29)27-15-5-3-4-14(24)10-15/h3-11H,25H2,1-2H3,(H,27,29). The van der Waals surface area contributed by atoms with Gasteiger partial charge in [0.15, 0.2) is 5.78 Å². The second-order valence-electron chi connectivity index (χ2n) is 6.84. The van der Waals surface area contributed by atoms with Gasteiger partial charge in [-0.3, -0.25) is 9.59 Å². The highest BCUT2D eigenvalue weighted by molar-refractivity contribution is 7.21. The number of ketones is 1. The Labute approximate surface area is 187 Å². The SMILES string of the molecule is COc1ccc(C(=O)c2cc3c(N)c(C(=O)Nc4cccc(Cl)c4)sc3nc2C)cc1. The molecule has 156 valence electrons. The van der Waals surface area contributed by atoms with Crippen molar-refractivity contribution in [3.63, 3.8) is 0 Å². The van der Waals surface area contributed by atoms with Crippen molar-refractivity contribution >= 4 is 56.2 Å². The van der Waals surface area contributed by atoms with Crippen molar-refractivity contribution in [3.05, 3.63) is 81.3 Å². The number of pyridine rings is 1. The number of aryl methyl sites for hydroxylation is 1. The maximum Gasteiger partial charge on any atom is 0.267 e. The fraction of sp³-hybridized carbons (Fsp3) is 0.0870. The second-order valence-corrected chi connectivity index (χ2v) is 8.28. The van der Waals surface area contributed by atoms with Gasteiger partial charge in [-0.2, -0.15) is 0 Å². The molecule has 0 unspecified atom stereocenters. The summed E-state index contributed by atoms with van der Waals surface area (Å²) in [5.41, 5.74) is 8.64. The van der Waals surface area contributed by atoms with Crippen LogP contribution in [-0.4, -0.2) is 23.8 Å². The topological polar surface area (TPSA) is 94.3 Å². The molecule has 0 bridgehead atoms. The molecule has 0 atom stereocenters. The molecular formula is C23H18ClN3O3S. The smallest absolute Gasteiger partial charge is 0.267 e. The molecule has 0 aliphatic carbocycles. The van der Waals surface area contributed by atoms with E-state index < -0.39 is 0 Å². The number of thiophene rings is 1. The Morgan fingerprint density at radius 3 is 2.55 bits per heavy atom. The van der Waals surface area contributed by atoms with E-state index in [4.69, 9.17) is 22.1 Å². The molecule has 0 fully saturated rings. The monoisotopic (exact) mass is 451 g/mol. The molecule has 3 N–H and O–H groups in total. The molecular weight excluding hydrogens is 434 g/mol. The summed E-state index contributed by atoms with van der Waals surface area (Å²) in [6.07, 6.45) is 0. The summed E-state index contributed by atoms with van der Waals surface area (Å²) in [6.45, 7) is 1.76. The first-order valence-electron chi connectivity index (χ1n) is 9.32. The molecule has 2 heterocycles. The normalized spacial score (nSPS) is 10.8. The minimum Gasteiger partial charge on any atom is -0.497 e. The average Bonchev–Trinajstić information content (AvgIpc) is 3.08. The molecule has 2 aromatic heterocycles. The fourth-order valence-corrected chi connectivity index (χ4v) is 4.39. The number of ether oxygens (including phenoxy) is 1. The molecule has 0 saturated carbocycles. The van der Waals surface area contributed by atoms with Crippen LogP contribution in [0.15, 0.2) is 54.6 Å². The van der Waals surface area contributed by atoms with Crippen LogP contribution >= 0.6 is 22.9 Å². The van der Waals surface area contributed by atoms with E-state index in [9.17, 15) is 9.59 Å². The summed E-state index contributed by atoms with van der Waals surface area (Å²) in [4.78, 5) is 31.3. The number of hydrogen-bond donors (Lipinski definition) is 2. The lowest BCUT2D eigenvalue weighted by Crippen LogP contribution is -2.11. The Bertz CT molecular complexity index is 1320. The zero-order valence-corrected chi connectivity index (χ0v) is 18.3. The predicted octanol–water partition coefficient (Wildman–Crippen LogP) is 5.33. The number of halogens is 1. The first kappa shape index (κ1) is 20.8. The van der Waals surface area contributed by atoms with E-state index in [1.165, 1.54) is 11.3 Å². The molecule has 4 aromatic rings. The van der Waals surface area contributed by atoms with Crippen molar-refractivity contribution in [1.82, 2.24) is 4.98 Å². The van der Waals surface area contributed by atoms with Crippen LogP contribution < -0.4 is 15.8 Å². The molecule has 0 aliphatic heterocycles. The van der Waals surface area contributed by atoms with Crippen LogP contribution in [0.2, 0.25) is 5.02 Å². The van der Waals surface area contributed by atoms with E-state index in [0.717, 1.165) is 0 Å². The number of nitrogens with one attached hydrogen (secondary N) is 1. The van der Waals surface area contributed by atoms with Crippen LogP contribution in [0.5, 0.6) is 5.75 Å². The largest absolute Gasteiger partial charge is 0.497 e. The molecule has 0 spiro atoms. The summed E-state index contributed by atoms with van der Waals surface area (Å²) in [6, 6.07) is 15.4. The quantitative estimate of drug-likeness (QED) is 0.400. The highest BCUT2D eigenvalue weighted by atomic mass is 35.5. The molecule has 1 amide bonds. The zero-order chi connectivity index (χ0) is 22.1. The van der Waals surface area contributed by atoms with Gasteiger partial charge in [0.05, 0.1) is 18.5 Å². The van der Waals surface area contributed by atoms with Crippen molar-refractivity contribution in [3.8, 4) is 5.75 Å². The lowest BCUT2D eigenvalue weighted by molar-refractivity contribution is 0.102. The van der Waals surface area contributed by atoms with Crippen LogP contribution in [0.4, 0.5) is 11.4 Å². The maximum absolute atomic E-state index is 13.0. The van der Waals surface area contributed by atoms with Gasteiger partial charge in [-0.05, 0) is 55.5 Å². The van der Waals surface area contributed by atoms with Crippen LogP contribution in [0.3, 0.4) is 0 Å². The number of nitrogens with zero attached hydrogens (tertiary/aromatic N) is 1. The van der Waals surface area contributed by atoms with Crippen LogP contribution in [0.25, 0.3) is 10.2 Å². The summed E-state index contributed by atoms with van der Waals surface area (Å²) in [5, 5.41) is 3.88. The van der Waals surface area contributed by atoms with E-state index in [-0.39, 0.29) is 17.4 Å². The highest BCUT2D eigenvalue weighted by Gasteiger charge is 2.21. The Morgan fingerprint density at radius 1 is 1.13 bits per heavy atom. The number of anilines is 2. The number of methoxy groups -OCH3 is 1. The number of nitrogen functional groups attached to an aromatic ring is 1. The first-order valence-corrected chi connectivity index (χ1v) is 10.5. The third-order valence-electron chi connectivity index (χ3n) is 4.80. The van der Waals surface area contributed by atoms with E-state index >= 15 is 0 Å². The fourth-order valence-electron chi connectivity index (χ4n) is 3.18. The lowest BCUT2D eigenvalue weighted by Gasteiger charge is -2.06. The number of carbonyl (C=O) groups is 2. The third kappa shape index (κ3) is 4.10. The molecule has 2 aromatic carbocycles. The van der Waals surface area contributed by atoms with Crippen molar-refractivity contribution in [2.45, 2.75) is 6.92 Å². The number of rotatable bonds is 5. The number of nitrogens with two attached hydrogens (primary N) is 1. The Hall–Kier alpha value is -3.42. The van der Waals surface area contributed by atoms with Gasteiger partial charge in [-0.15, -0.1) is 11.3 Å². The molecule has 6 nitrogen and oxygen atoms in total. The molecule has 0 saturated heterocycles. The van der Waals surface area contributed by atoms with Crippen molar-refractivity contribution in [2.24, 2.45) is 0 Å². The van der Waals surface area contributed by atoms with Gasteiger partial charge in [-0.25, -0.2) is 4.98 Å². The van der Waals surface area contributed by atoms with E-state index in [0.29, 0.717) is 48.4 Å². The number of benzene rings is 2. The van der Waals surface area contributed by atoms with E-state index in [1.54, 1.807) is 68.6 Å². The van der Waals surface area contributed by atoms with Gasteiger partial charge in [0.2, 0.25) is 0 Å². The maximum atomic E-state index is 13.0. The summed E-state index contributed by atoms with van der Waals surface area (Å²) in [5.74, 6) is 0.132. The van der Waals surface area contributed by atoms with Gasteiger partial charge in [0.1, 0.15) is 15.5 Å². The minimum atomic E-state index is -0.358. The van der Waals surface area contributed by atoms with Crippen LogP contribution in [0, 0.1) is 6.92 Å². The summed E-state index contributed by atoms with van der Waals surface area (Å²) < 4.78 is 5.14. The van der Waals surface area contributed by atoms with Gasteiger partial charge in [0, 0.05) is 27.2 Å². The number of fused-ring (bicyclic) bond motifs is 1. The lowest BCUT2D eigenvalue weighted by atomic mass is 10.0. The van der Waals surface area contributed by atoms with Gasteiger partial charge in [-0.1, -0.05) is 17.7 Å². The van der Waals surface area contributed by atoms with Gasteiger partial charge >= 0.3 is 0 Å². The summed E-state index contributed by atoms with van der Waals surface area (Å²) in [7, 11) is 1.57. The average molecular weight is 452 g/mol. The first-order chi connectivity index (χ1) is 14.9. The van der Waals surface area contributed by atoms with Gasteiger partial charge < -0.3 is 15.8 Å². The van der Waals surface area contributed by atoms with Crippen molar-refractivity contribution in [1.29, 1.82) is 0 Å². The number of amides is 1. The number of aromatic nitrogens is 1. The zero-order valence-electron chi connectivity index (χ0n) is 16.7. The Morgan fingerprint density at radius 2 is 1.87 bits per heavy atom. The van der Waals surface area contributed by atoms with E-state index in [1.807, 2.05) is 0 Å². The third-order valence-corrected chi connectivity index (χ3v) is 6.15.